The van der Waals surface area contributed by atoms with E-state index in [0.717, 1.165) is 22.7 Å². The number of imidazole rings is 1. The average molecular weight is 459 g/mol. The Morgan fingerprint density at radius 2 is 1.88 bits per heavy atom. The summed E-state index contributed by atoms with van der Waals surface area (Å²) in [4.78, 5) is 32.1. The first-order chi connectivity index (χ1) is 16.5. The van der Waals surface area contributed by atoms with Gasteiger partial charge in [0.25, 0.3) is 0 Å². The highest BCUT2D eigenvalue weighted by atomic mass is 16.5. The molecule has 0 bridgehead atoms. The first-order valence-electron chi connectivity index (χ1n) is 11.5. The van der Waals surface area contributed by atoms with Crippen molar-refractivity contribution in [1.82, 2.24) is 19.8 Å². The van der Waals surface area contributed by atoms with Crippen LogP contribution in [0.4, 0.5) is 0 Å². The number of nitrogens with one attached hydrogen (secondary N) is 1. The van der Waals surface area contributed by atoms with Crippen LogP contribution in [-0.4, -0.2) is 46.5 Å². The number of carbonyl (C=O) groups is 2. The fourth-order valence-electron chi connectivity index (χ4n) is 4.23. The van der Waals surface area contributed by atoms with Crippen molar-refractivity contribution in [1.29, 1.82) is 0 Å². The van der Waals surface area contributed by atoms with Gasteiger partial charge in [-0.3, -0.25) is 9.59 Å². The second-order valence-corrected chi connectivity index (χ2v) is 8.46. The molecule has 176 valence electrons. The number of benzene rings is 2. The molecular weight excluding hydrogens is 428 g/mol. The topological polar surface area (TPSA) is 76.5 Å². The van der Waals surface area contributed by atoms with Gasteiger partial charge in [-0.1, -0.05) is 42.5 Å². The standard InChI is InChI=1S/C27H30N4O3/c1-30-18-15-28-26(30)25(22-9-6-10-23(19-22)34-2)29-27(33)21-13-16-31(17-14-21)24(32)12-11-20-7-4-3-5-8-20/h3-12,15,18-19,21,25H,13-14,16-17H2,1-2H3,(H,29,33)/b12-11+. The van der Waals surface area contributed by atoms with Gasteiger partial charge < -0.3 is 19.5 Å². The number of aromatic nitrogens is 2. The van der Waals surface area contributed by atoms with Gasteiger partial charge in [-0.05, 0) is 42.2 Å². The van der Waals surface area contributed by atoms with Crippen LogP contribution in [0.25, 0.3) is 6.08 Å². The highest BCUT2D eigenvalue weighted by Crippen LogP contribution is 2.26. The van der Waals surface area contributed by atoms with E-state index in [1.807, 2.05) is 83.4 Å². The maximum Gasteiger partial charge on any atom is 0.246 e. The van der Waals surface area contributed by atoms with E-state index in [1.54, 1.807) is 19.4 Å². The molecule has 2 amide bonds. The number of aryl methyl sites for hydroxylation is 1. The predicted molar refractivity (Wildman–Crippen MR) is 131 cm³/mol. The normalized spacial score (nSPS) is 15.3. The van der Waals surface area contributed by atoms with Crippen LogP contribution in [-0.2, 0) is 16.6 Å². The Balaban J connectivity index is 1.40. The number of hydrogen-bond donors (Lipinski definition) is 1. The van der Waals surface area contributed by atoms with Gasteiger partial charge in [0.1, 0.15) is 17.6 Å². The van der Waals surface area contributed by atoms with Crippen molar-refractivity contribution >= 4 is 17.9 Å². The van der Waals surface area contributed by atoms with Crippen LogP contribution < -0.4 is 10.1 Å². The number of piperidine rings is 1. The van der Waals surface area contributed by atoms with E-state index >= 15 is 0 Å². The summed E-state index contributed by atoms with van der Waals surface area (Å²) >= 11 is 0. The van der Waals surface area contributed by atoms with Crippen LogP contribution in [0.15, 0.2) is 73.1 Å². The lowest BCUT2D eigenvalue weighted by Gasteiger charge is -2.31. The highest BCUT2D eigenvalue weighted by Gasteiger charge is 2.29. The first-order valence-corrected chi connectivity index (χ1v) is 11.5. The molecule has 3 aromatic rings. The average Bonchev–Trinajstić information content (AvgIpc) is 3.31. The highest BCUT2D eigenvalue weighted by molar-refractivity contribution is 5.92. The number of hydrogen-bond acceptors (Lipinski definition) is 4. The van der Waals surface area contributed by atoms with Gasteiger partial charge in [-0.15, -0.1) is 0 Å². The predicted octanol–water partition coefficient (Wildman–Crippen LogP) is 3.59. The SMILES string of the molecule is COc1cccc(C(NC(=O)C2CCN(C(=O)/C=C/c3ccccc3)CC2)c2nccn2C)c1. The maximum atomic E-state index is 13.2. The van der Waals surface area contributed by atoms with Crippen LogP contribution in [0.5, 0.6) is 5.75 Å². The van der Waals surface area contributed by atoms with Crippen molar-refractivity contribution in [3.63, 3.8) is 0 Å². The smallest absolute Gasteiger partial charge is 0.246 e. The van der Waals surface area contributed by atoms with E-state index in [4.69, 9.17) is 4.74 Å². The van der Waals surface area contributed by atoms with E-state index in [1.165, 1.54) is 0 Å². The van der Waals surface area contributed by atoms with E-state index < -0.39 is 6.04 Å². The van der Waals surface area contributed by atoms with E-state index in [9.17, 15) is 9.59 Å². The van der Waals surface area contributed by atoms with Crippen molar-refractivity contribution in [2.24, 2.45) is 13.0 Å². The minimum Gasteiger partial charge on any atom is -0.497 e. The molecular formula is C27H30N4O3. The van der Waals surface area contributed by atoms with Crippen molar-refractivity contribution in [3.05, 3.63) is 90.0 Å². The fraction of sp³-hybridized carbons (Fsp3) is 0.296. The second-order valence-electron chi connectivity index (χ2n) is 8.46. The number of carbonyl (C=O) groups excluding carboxylic acids is 2. The summed E-state index contributed by atoms with van der Waals surface area (Å²) < 4.78 is 7.28. The number of methoxy groups -OCH3 is 1. The molecule has 1 atom stereocenters. The largest absolute Gasteiger partial charge is 0.497 e. The van der Waals surface area contributed by atoms with Gasteiger partial charge >= 0.3 is 0 Å². The molecule has 0 spiro atoms. The van der Waals surface area contributed by atoms with Crippen molar-refractivity contribution in [3.8, 4) is 5.75 Å². The lowest BCUT2D eigenvalue weighted by atomic mass is 9.94. The Kier molecular flexibility index (Phi) is 7.42. The summed E-state index contributed by atoms with van der Waals surface area (Å²) in [6.07, 6.45) is 8.27. The molecule has 2 heterocycles. The summed E-state index contributed by atoms with van der Waals surface area (Å²) in [6.45, 7) is 1.12. The molecule has 0 saturated carbocycles. The Hall–Kier alpha value is -3.87. The molecule has 34 heavy (non-hydrogen) atoms. The van der Waals surface area contributed by atoms with Crippen molar-refractivity contribution < 1.29 is 14.3 Å². The van der Waals surface area contributed by atoms with Crippen LogP contribution in [0.1, 0.15) is 35.8 Å². The van der Waals surface area contributed by atoms with Gasteiger partial charge in [0.05, 0.1) is 7.11 Å². The third-order valence-electron chi connectivity index (χ3n) is 6.23. The summed E-state index contributed by atoms with van der Waals surface area (Å²) in [5, 5.41) is 3.19. The van der Waals surface area contributed by atoms with Crippen molar-refractivity contribution in [2.45, 2.75) is 18.9 Å². The van der Waals surface area contributed by atoms with E-state index in [2.05, 4.69) is 10.3 Å². The van der Waals surface area contributed by atoms with E-state index in [-0.39, 0.29) is 17.7 Å². The van der Waals surface area contributed by atoms with Gasteiger partial charge in [0.15, 0.2) is 0 Å². The quantitative estimate of drug-likeness (QED) is 0.549. The van der Waals surface area contributed by atoms with Crippen molar-refractivity contribution in [2.75, 3.05) is 20.2 Å². The van der Waals surface area contributed by atoms with Gasteiger partial charge in [0.2, 0.25) is 11.8 Å². The number of rotatable bonds is 7. The Morgan fingerprint density at radius 1 is 1.12 bits per heavy atom. The Bertz CT molecular complexity index is 1150. The molecule has 2 aromatic carbocycles. The Labute approximate surface area is 200 Å². The fourth-order valence-corrected chi connectivity index (χ4v) is 4.23. The minimum absolute atomic E-state index is 0.0232. The zero-order valence-electron chi connectivity index (χ0n) is 19.6. The summed E-state index contributed by atoms with van der Waals surface area (Å²) in [6, 6.07) is 17.0. The number of amides is 2. The molecule has 7 heteroatoms. The summed E-state index contributed by atoms with van der Waals surface area (Å²) in [5.74, 6) is 1.27. The first kappa shape index (κ1) is 23.3. The van der Waals surface area contributed by atoms with Gasteiger partial charge in [-0.25, -0.2) is 4.98 Å². The number of nitrogens with zero attached hydrogens (tertiary/aromatic N) is 3. The van der Waals surface area contributed by atoms with E-state index in [0.29, 0.717) is 25.9 Å². The molecule has 7 nitrogen and oxygen atoms in total. The van der Waals surface area contributed by atoms with Gasteiger partial charge in [-0.2, -0.15) is 0 Å². The molecule has 0 radical (unpaired) electrons. The Morgan fingerprint density at radius 3 is 2.56 bits per heavy atom. The summed E-state index contributed by atoms with van der Waals surface area (Å²) in [5.41, 5.74) is 1.89. The van der Waals surface area contributed by atoms with Crippen LogP contribution in [0, 0.1) is 5.92 Å². The van der Waals surface area contributed by atoms with Gasteiger partial charge in [0, 0.05) is 44.5 Å². The summed E-state index contributed by atoms with van der Waals surface area (Å²) in [7, 11) is 3.53. The number of ether oxygens (including phenoxy) is 1. The lowest BCUT2D eigenvalue weighted by molar-refractivity contribution is -0.132. The molecule has 0 aliphatic carbocycles. The molecule has 1 unspecified atom stereocenters. The minimum atomic E-state index is -0.393. The molecule has 4 rings (SSSR count). The zero-order chi connectivity index (χ0) is 23.9. The van der Waals surface area contributed by atoms with Crippen LogP contribution in [0.3, 0.4) is 0 Å². The molecule has 1 aliphatic rings. The molecule has 1 aromatic heterocycles. The maximum absolute atomic E-state index is 13.2. The molecule has 1 saturated heterocycles. The second kappa shape index (κ2) is 10.8. The molecule has 1 fully saturated rings. The number of likely N-dealkylation sites (tertiary alicyclic amines) is 1. The third-order valence-corrected chi connectivity index (χ3v) is 6.23. The lowest BCUT2D eigenvalue weighted by Crippen LogP contribution is -2.43. The zero-order valence-corrected chi connectivity index (χ0v) is 19.6. The monoisotopic (exact) mass is 458 g/mol. The molecule has 1 aliphatic heterocycles. The van der Waals surface area contributed by atoms with Crippen LogP contribution in [0.2, 0.25) is 0 Å². The third kappa shape index (κ3) is 5.54. The molecule has 1 N–H and O–H groups in total. The van der Waals surface area contributed by atoms with Crippen LogP contribution >= 0.6 is 0 Å².